The number of rotatable bonds is 8. The molecule has 0 aliphatic rings. The van der Waals surface area contributed by atoms with Crippen LogP contribution in [0.1, 0.15) is 27.2 Å². The highest BCUT2D eigenvalue weighted by molar-refractivity contribution is 7.99. The van der Waals surface area contributed by atoms with Gasteiger partial charge in [0.15, 0.2) is 0 Å². The molecule has 0 bridgehead atoms. The van der Waals surface area contributed by atoms with Crippen molar-refractivity contribution in [3.63, 3.8) is 0 Å². The number of nitrogens with two attached hydrogens (primary N) is 1. The Morgan fingerprint density at radius 1 is 1.40 bits per heavy atom. The molecule has 0 aliphatic carbocycles. The van der Waals surface area contributed by atoms with E-state index in [1.165, 1.54) is 6.42 Å². The highest BCUT2D eigenvalue weighted by Gasteiger charge is 2.04. The van der Waals surface area contributed by atoms with Gasteiger partial charge in [0, 0.05) is 6.54 Å². The molecule has 0 saturated carbocycles. The standard InChI is InChI=1S/C11H24N2OS/c1-9(2)4-5-15-8-11(14)13-7-10(3)6-12/h9-10H,4-8,12H2,1-3H3,(H,13,14). The second-order valence-electron chi connectivity index (χ2n) is 4.38. The molecule has 15 heavy (non-hydrogen) atoms. The Labute approximate surface area is 97.6 Å². The van der Waals surface area contributed by atoms with Gasteiger partial charge >= 0.3 is 0 Å². The van der Waals surface area contributed by atoms with Crippen LogP contribution in [-0.4, -0.2) is 30.5 Å². The summed E-state index contributed by atoms with van der Waals surface area (Å²) in [6.45, 7) is 7.75. The Hall–Kier alpha value is -0.220. The first-order valence-corrected chi connectivity index (χ1v) is 6.76. The summed E-state index contributed by atoms with van der Waals surface area (Å²) in [7, 11) is 0. The smallest absolute Gasteiger partial charge is 0.230 e. The minimum absolute atomic E-state index is 0.129. The van der Waals surface area contributed by atoms with Crippen LogP contribution >= 0.6 is 11.8 Å². The van der Waals surface area contributed by atoms with Gasteiger partial charge in [0.2, 0.25) is 5.91 Å². The summed E-state index contributed by atoms with van der Waals surface area (Å²) >= 11 is 1.71. The average molecular weight is 232 g/mol. The van der Waals surface area contributed by atoms with Gasteiger partial charge in [0.1, 0.15) is 0 Å². The van der Waals surface area contributed by atoms with Gasteiger partial charge in [0.05, 0.1) is 5.75 Å². The molecule has 3 nitrogen and oxygen atoms in total. The molecule has 0 aromatic rings. The van der Waals surface area contributed by atoms with E-state index in [1.54, 1.807) is 11.8 Å². The van der Waals surface area contributed by atoms with Crippen LogP contribution in [0, 0.1) is 11.8 Å². The number of hydrogen-bond donors (Lipinski definition) is 2. The molecule has 0 heterocycles. The lowest BCUT2D eigenvalue weighted by molar-refractivity contribution is -0.118. The van der Waals surface area contributed by atoms with E-state index in [4.69, 9.17) is 5.73 Å². The SMILES string of the molecule is CC(C)CCSCC(=O)NCC(C)CN. The number of carbonyl (C=O) groups excluding carboxylic acids is 1. The fourth-order valence-corrected chi connectivity index (χ4v) is 1.98. The lowest BCUT2D eigenvalue weighted by atomic mass is 10.2. The molecule has 0 aliphatic heterocycles. The van der Waals surface area contributed by atoms with E-state index in [0.717, 1.165) is 11.7 Å². The van der Waals surface area contributed by atoms with Crippen molar-refractivity contribution in [2.75, 3.05) is 24.6 Å². The summed E-state index contributed by atoms with van der Waals surface area (Å²) in [6, 6.07) is 0. The van der Waals surface area contributed by atoms with E-state index < -0.39 is 0 Å². The average Bonchev–Trinajstić information content (AvgIpc) is 2.20. The van der Waals surface area contributed by atoms with Gasteiger partial charge in [0.25, 0.3) is 0 Å². The second kappa shape index (κ2) is 9.04. The summed E-state index contributed by atoms with van der Waals surface area (Å²) < 4.78 is 0. The van der Waals surface area contributed by atoms with Crippen LogP contribution in [0.4, 0.5) is 0 Å². The third-order valence-electron chi connectivity index (χ3n) is 2.12. The number of amides is 1. The minimum Gasteiger partial charge on any atom is -0.355 e. The molecule has 90 valence electrons. The van der Waals surface area contributed by atoms with E-state index in [9.17, 15) is 4.79 Å². The van der Waals surface area contributed by atoms with Crippen LogP contribution in [-0.2, 0) is 4.79 Å². The summed E-state index contributed by atoms with van der Waals surface area (Å²) in [4.78, 5) is 11.3. The van der Waals surface area contributed by atoms with Gasteiger partial charge in [-0.3, -0.25) is 4.79 Å². The van der Waals surface area contributed by atoms with E-state index in [-0.39, 0.29) is 5.91 Å². The highest BCUT2D eigenvalue weighted by atomic mass is 32.2. The van der Waals surface area contributed by atoms with E-state index in [0.29, 0.717) is 24.8 Å². The Balaban J connectivity index is 3.34. The van der Waals surface area contributed by atoms with Crippen LogP contribution in [0.5, 0.6) is 0 Å². The van der Waals surface area contributed by atoms with Crippen molar-refractivity contribution >= 4 is 17.7 Å². The lowest BCUT2D eigenvalue weighted by Gasteiger charge is -2.10. The van der Waals surface area contributed by atoms with Crippen molar-refractivity contribution in [2.45, 2.75) is 27.2 Å². The van der Waals surface area contributed by atoms with Crippen LogP contribution in [0.3, 0.4) is 0 Å². The third-order valence-corrected chi connectivity index (χ3v) is 3.11. The fraction of sp³-hybridized carbons (Fsp3) is 0.909. The van der Waals surface area contributed by atoms with Gasteiger partial charge in [-0.2, -0.15) is 11.8 Å². The molecule has 4 heteroatoms. The molecule has 1 amide bonds. The van der Waals surface area contributed by atoms with E-state index in [2.05, 4.69) is 19.2 Å². The van der Waals surface area contributed by atoms with Crippen molar-refractivity contribution < 1.29 is 4.79 Å². The summed E-state index contributed by atoms with van der Waals surface area (Å²) in [5.41, 5.74) is 5.46. The molecule has 0 saturated heterocycles. The van der Waals surface area contributed by atoms with E-state index in [1.807, 2.05) is 6.92 Å². The van der Waals surface area contributed by atoms with Gasteiger partial charge < -0.3 is 11.1 Å². The third kappa shape index (κ3) is 10.1. The lowest BCUT2D eigenvalue weighted by Crippen LogP contribution is -2.32. The molecule has 0 fully saturated rings. The molecule has 0 rings (SSSR count). The summed E-state index contributed by atoms with van der Waals surface area (Å²) in [5.74, 6) is 2.86. The predicted octanol–water partition coefficient (Wildman–Crippen LogP) is 1.48. The minimum atomic E-state index is 0.129. The van der Waals surface area contributed by atoms with Crippen molar-refractivity contribution in [2.24, 2.45) is 17.6 Å². The van der Waals surface area contributed by atoms with E-state index >= 15 is 0 Å². The second-order valence-corrected chi connectivity index (χ2v) is 5.49. The fourth-order valence-electron chi connectivity index (χ4n) is 0.906. The van der Waals surface area contributed by atoms with Gasteiger partial charge in [-0.05, 0) is 30.6 Å². The zero-order valence-corrected chi connectivity index (χ0v) is 10.9. The maximum atomic E-state index is 11.3. The van der Waals surface area contributed by atoms with Crippen molar-refractivity contribution in [3.05, 3.63) is 0 Å². The molecule has 0 aromatic carbocycles. The van der Waals surface area contributed by atoms with Crippen molar-refractivity contribution in [1.82, 2.24) is 5.32 Å². The van der Waals surface area contributed by atoms with Crippen LogP contribution < -0.4 is 11.1 Å². The van der Waals surface area contributed by atoms with Gasteiger partial charge in [-0.15, -0.1) is 0 Å². The quantitative estimate of drug-likeness (QED) is 0.623. The van der Waals surface area contributed by atoms with Gasteiger partial charge in [-0.25, -0.2) is 0 Å². The Morgan fingerprint density at radius 3 is 2.60 bits per heavy atom. The first-order chi connectivity index (χ1) is 7.06. The first kappa shape index (κ1) is 14.8. The largest absolute Gasteiger partial charge is 0.355 e. The van der Waals surface area contributed by atoms with Crippen molar-refractivity contribution in [1.29, 1.82) is 0 Å². The molecular weight excluding hydrogens is 208 g/mol. The Morgan fingerprint density at radius 2 is 2.07 bits per heavy atom. The monoisotopic (exact) mass is 232 g/mol. The Kier molecular flexibility index (Phi) is 8.91. The number of nitrogens with one attached hydrogen (secondary N) is 1. The Bertz CT molecular complexity index is 174. The maximum absolute atomic E-state index is 11.3. The van der Waals surface area contributed by atoms with Crippen molar-refractivity contribution in [3.8, 4) is 0 Å². The zero-order valence-electron chi connectivity index (χ0n) is 10.1. The topological polar surface area (TPSA) is 55.1 Å². The molecule has 1 unspecified atom stereocenters. The molecule has 1 atom stereocenters. The number of hydrogen-bond acceptors (Lipinski definition) is 3. The number of thioether (sulfide) groups is 1. The number of carbonyl (C=O) groups is 1. The molecule has 0 aromatic heterocycles. The summed E-state index contributed by atoms with van der Waals surface area (Å²) in [5, 5.41) is 2.88. The first-order valence-electron chi connectivity index (χ1n) is 5.60. The van der Waals surface area contributed by atoms with Crippen LogP contribution in [0.25, 0.3) is 0 Å². The predicted molar refractivity (Wildman–Crippen MR) is 68.0 cm³/mol. The normalized spacial score (nSPS) is 12.9. The molecule has 0 radical (unpaired) electrons. The molecule has 3 N–H and O–H groups in total. The highest BCUT2D eigenvalue weighted by Crippen LogP contribution is 2.08. The molecule has 0 spiro atoms. The van der Waals surface area contributed by atoms with Crippen LogP contribution in [0.15, 0.2) is 0 Å². The van der Waals surface area contributed by atoms with Gasteiger partial charge in [-0.1, -0.05) is 20.8 Å². The maximum Gasteiger partial charge on any atom is 0.230 e. The summed E-state index contributed by atoms with van der Waals surface area (Å²) in [6.07, 6.45) is 1.18. The molecular formula is C11H24N2OS. The van der Waals surface area contributed by atoms with Crippen LogP contribution in [0.2, 0.25) is 0 Å². The zero-order chi connectivity index (χ0) is 11.7.